The maximum Gasteiger partial charge on any atom is 0.203 e. The summed E-state index contributed by atoms with van der Waals surface area (Å²) in [7, 11) is 4.96. The molecule has 0 bridgehead atoms. The van der Waals surface area contributed by atoms with Crippen LogP contribution in [0.2, 0.25) is 0 Å². The highest BCUT2D eigenvalue weighted by Crippen LogP contribution is 2.40. The van der Waals surface area contributed by atoms with E-state index >= 15 is 0 Å². The maximum absolute atomic E-state index is 9.62. The molecule has 1 unspecified atom stereocenters. The highest BCUT2D eigenvalue weighted by Gasteiger charge is 2.32. The van der Waals surface area contributed by atoms with E-state index in [4.69, 9.17) is 14.2 Å². The summed E-state index contributed by atoms with van der Waals surface area (Å²) in [5.41, 5.74) is 1.11. The van der Waals surface area contributed by atoms with E-state index in [1.807, 2.05) is 6.07 Å². The molecule has 6 nitrogen and oxygen atoms in total. The van der Waals surface area contributed by atoms with Crippen LogP contribution >= 0.6 is 0 Å². The number of ether oxygens (including phenoxy) is 3. The average Bonchev–Trinajstić information content (AvgIpc) is 2.74. The molecule has 1 N–H and O–H groups in total. The second kappa shape index (κ2) is 10.3. The minimum atomic E-state index is 0.251. The molecule has 1 aliphatic carbocycles. The third-order valence-corrected chi connectivity index (χ3v) is 6.30. The Labute approximate surface area is 169 Å². The van der Waals surface area contributed by atoms with Gasteiger partial charge in [-0.3, -0.25) is 9.80 Å². The molecule has 0 aromatic heterocycles. The predicted molar refractivity (Wildman–Crippen MR) is 110 cm³/mol. The van der Waals surface area contributed by atoms with Crippen molar-refractivity contribution in [1.82, 2.24) is 9.80 Å². The van der Waals surface area contributed by atoms with Crippen molar-refractivity contribution < 1.29 is 19.3 Å². The highest BCUT2D eigenvalue weighted by molar-refractivity contribution is 5.55. The van der Waals surface area contributed by atoms with Crippen molar-refractivity contribution in [1.29, 1.82) is 0 Å². The Morgan fingerprint density at radius 2 is 1.71 bits per heavy atom. The van der Waals surface area contributed by atoms with Crippen LogP contribution in [0.1, 0.15) is 44.1 Å². The van der Waals surface area contributed by atoms with E-state index in [9.17, 15) is 5.11 Å². The van der Waals surface area contributed by atoms with E-state index in [0.717, 1.165) is 43.9 Å². The molecule has 158 valence electrons. The summed E-state index contributed by atoms with van der Waals surface area (Å²) in [5.74, 6) is 2.08. The first kappa shape index (κ1) is 21.2. The molecule has 2 fully saturated rings. The lowest BCUT2D eigenvalue weighted by molar-refractivity contribution is 0.0134. The molecule has 1 saturated heterocycles. The molecule has 1 heterocycles. The van der Waals surface area contributed by atoms with Crippen molar-refractivity contribution in [2.24, 2.45) is 0 Å². The third kappa shape index (κ3) is 4.73. The van der Waals surface area contributed by atoms with Gasteiger partial charge in [0.15, 0.2) is 11.5 Å². The molecular formula is C22H36N2O4. The molecule has 0 radical (unpaired) electrons. The van der Waals surface area contributed by atoms with Gasteiger partial charge in [-0.25, -0.2) is 0 Å². The fourth-order valence-corrected chi connectivity index (χ4v) is 4.91. The number of hydrogen-bond acceptors (Lipinski definition) is 6. The maximum atomic E-state index is 9.62. The Balaban J connectivity index is 1.71. The van der Waals surface area contributed by atoms with Crippen LogP contribution in [0.25, 0.3) is 0 Å². The number of methoxy groups -OCH3 is 3. The standard InChI is InChI=1S/C22H36N2O4/c1-26-20-10-9-17(21(27-2)22(20)28-3)15-23-12-13-24(19(16-23)11-14-25)18-7-5-4-6-8-18/h9-10,18-19,25H,4-8,11-16H2,1-3H3. The molecule has 1 aromatic rings. The smallest absolute Gasteiger partial charge is 0.203 e. The van der Waals surface area contributed by atoms with Crippen molar-refractivity contribution in [3.05, 3.63) is 17.7 Å². The van der Waals surface area contributed by atoms with Crippen LogP contribution in [0.4, 0.5) is 0 Å². The Bertz CT molecular complexity index is 619. The minimum absolute atomic E-state index is 0.251. The molecule has 6 heteroatoms. The van der Waals surface area contributed by atoms with Gasteiger partial charge >= 0.3 is 0 Å². The summed E-state index contributed by atoms with van der Waals surface area (Å²) in [4.78, 5) is 5.15. The SMILES string of the molecule is COc1ccc(CN2CCN(C3CCCCC3)C(CCO)C2)c(OC)c1OC. The topological polar surface area (TPSA) is 54.4 Å². The first-order valence-electron chi connectivity index (χ1n) is 10.6. The second-order valence-electron chi connectivity index (χ2n) is 7.92. The van der Waals surface area contributed by atoms with E-state index in [1.165, 1.54) is 32.1 Å². The number of aliphatic hydroxyl groups excluding tert-OH is 1. The lowest BCUT2D eigenvalue weighted by Crippen LogP contribution is -2.56. The third-order valence-electron chi connectivity index (χ3n) is 6.30. The second-order valence-corrected chi connectivity index (χ2v) is 7.92. The number of benzene rings is 1. The first-order chi connectivity index (χ1) is 13.7. The number of piperazine rings is 1. The van der Waals surface area contributed by atoms with Crippen LogP contribution < -0.4 is 14.2 Å². The zero-order valence-corrected chi connectivity index (χ0v) is 17.7. The monoisotopic (exact) mass is 392 g/mol. The first-order valence-corrected chi connectivity index (χ1v) is 10.6. The van der Waals surface area contributed by atoms with Gasteiger partial charge in [0, 0.05) is 50.4 Å². The molecule has 1 atom stereocenters. The van der Waals surface area contributed by atoms with Crippen molar-refractivity contribution in [2.75, 3.05) is 47.6 Å². The van der Waals surface area contributed by atoms with Crippen molar-refractivity contribution >= 4 is 0 Å². The summed E-state index contributed by atoms with van der Waals surface area (Å²) in [5, 5.41) is 9.62. The van der Waals surface area contributed by atoms with Gasteiger partial charge in [0.25, 0.3) is 0 Å². The summed E-state index contributed by atoms with van der Waals surface area (Å²) < 4.78 is 16.6. The van der Waals surface area contributed by atoms with Crippen LogP contribution in [-0.4, -0.2) is 74.6 Å². The quantitative estimate of drug-likeness (QED) is 0.734. The largest absolute Gasteiger partial charge is 0.493 e. The molecule has 3 rings (SSSR count). The molecule has 0 spiro atoms. The lowest BCUT2D eigenvalue weighted by atomic mass is 9.91. The zero-order valence-electron chi connectivity index (χ0n) is 17.7. The van der Waals surface area contributed by atoms with E-state index in [2.05, 4.69) is 15.9 Å². The highest BCUT2D eigenvalue weighted by atomic mass is 16.5. The van der Waals surface area contributed by atoms with Crippen molar-refractivity contribution in [3.63, 3.8) is 0 Å². The Morgan fingerprint density at radius 1 is 0.964 bits per heavy atom. The molecular weight excluding hydrogens is 356 g/mol. The van der Waals surface area contributed by atoms with Crippen molar-refractivity contribution in [3.8, 4) is 17.2 Å². The predicted octanol–water partition coefficient (Wildman–Crippen LogP) is 2.91. The number of aliphatic hydroxyl groups is 1. The summed E-state index contributed by atoms with van der Waals surface area (Å²) >= 11 is 0. The van der Waals surface area contributed by atoms with Gasteiger partial charge in [-0.1, -0.05) is 25.3 Å². The van der Waals surface area contributed by atoms with Crippen molar-refractivity contribution in [2.45, 2.75) is 57.2 Å². The van der Waals surface area contributed by atoms with E-state index in [-0.39, 0.29) is 6.61 Å². The lowest BCUT2D eigenvalue weighted by Gasteiger charge is -2.46. The normalized spacial score (nSPS) is 22.2. The minimum Gasteiger partial charge on any atom is -0.493 e. The summed E-state index contributed by atoms with van der Waals surface area (Å²) in [6, 6.07) is 5.13. The fraction of sp³-hybridized carbons (Fsp3) is 0.727. The Morgan fingerprint density at radius 3 is 2.36 bits per heavy atom. The zero-order chi connectivity index (χ0) is 19.9. The van der Waals surface area contributed by atoms with Gasteiger partial charge in [-0.15, -0.1) is 0 Å². The average molecular weight is 393 g/mol. The number of rotatable bonds is 8. The van der Waals surface area contributed by atoms with Crippen LogP contribution in [0.15, 0.2) is 12.1 Å². The van der Waals surface area contributed by atoms with Crippen LogP contribution in [0.3, 0.4) is 0 Å². The van der Waals surface area contributed by atoms with Crippen LogP contribution in [-0.2, 0) is 6.54 Å². The molecule has 28 heavy (non-hydrogen) atoms. The van der Waals surface area contributed by atoms with E-state index in [0.29, 0.717) is 23.6 Å². The van der Waals surface area contributed by atoms with Gasteiger partial charge in [0.2, 0.25) is 5.75 Å². The van der Waals surface area contributed by atoms with Gasteiger partial charge in [-0.2, -0.15) is 0 Å². The molecule has 0 amide bonds. The van der Waals surface area contributed by atoms with Gasteiger partial charge in [0.1, 0.15) is 0 Å². The van der Waals surface area contributed by atoms with E-state index < -0.39 is 0 Å². The van der Waals surface area contributed by atoms with Crippen LogP contribution in [0, 0.1) is 0 Å². The Kier molecular flexibility index (Phi) is 7.82. The molecule has 1 saturated carbocycles. The molecule has 2 aliphatic rings. The van der Waals surface area contributed by atoms with Gasteiger partial charge in [-0.05, 0) is 25.3 Å². The Hall–Kier alpha value is -1.50. The summed E-state index contributed by atoms with van der Waals surface area (Å²) in [6.45, 7) is 4.15. The summed E-state index contributed by atoms with van der Waals surface area (Å²) in [6.07, 6.45) is 7.53. The number of nitrogens with zero attached hydrogens (tertiary/aromatic N) is 2. The molecule has 1 aromatic carbocycles. The fourth-order valence-electron chi connectivity index (χ4n) is 4.91. The molecule has 1 aliphatic heterocycles. The van der Waals surface area contributed by atoms with E-state index in [1.54, 1.807) is 21.3 Å². The van der Waals surface area contributed by atoms with Gasteiger partial charge in [0.05, 0.1) is 21.3 Å². The van der Waals surface area contributed by atoms with Crippen LogP contribution in [0.5, 0.6) is 17.2 Å². The van der Waals surface area contributed by atoms with Gasteiger partial charge < -0.3 is 19.3 Å². The number of hydrogen-bond donors (Lipinski definition) is 1.